The van der Waals surface area contributed by atoms with E-state index in [0.29, 0.717) is 17.9 Å². The topological polar surface area (TPSA) is 85.5 Å². The van der Waals surface area contributed by atoms with Crippen LogP contribution in [-0.4, -0.2) is 15.0 Å². The van der Waals surface area contributed by atoms with Gasteiger partial charge in [-0.2, -0.15) is 0 Å². The molecule has 0 radical (unpaired) electrons. The van der Waals surface area contributed by atoms with Crippen molar-refractivity contribution in [1.82, 2.24) is 4.98 Å². The Kier molecular flexibility index (Phi) is 4.04. The Morgan fingerprint density at radius 2 is 2.21 bits per heavy atom. The number of nitro groups is 1. The maximum Gasteiger partial charge on any atom is 0.270 e. The Balaban J connectivity index is 2.14. The number of benzene rings is 1. The van der Waals surface area contributed by atoms with E-state index in [1.165, 1.54) is 18.2 Å². The van der Waals surface area contributed by atoms with Crippen molar-refractivity contribution in [2.45, 2.75) is 13.2 Å². The van der Waals surface area contributed by atoms with Gasteiger partial charge in [0.15, 0.2) is 0 Å². The lowest BCUT2D eigenvalue weighted by Crippen LogP contribution is -2.00. The molecule has 0 saturated carbocycles. The Labute approximate surface area is 109 Å². The van der Waals surface area contributed by atoms with Gasteiger partial charge in [0.1, 0.15) is 12.4 Å². The Hall–Kier alpha value is -2.47. The van der Waals surface area contributed by atoms with Crippen LogP contribution in [0.25, 0.3) is 0 Å². The van der Waals surface area contributed by atoms with Crippen molar-refractivity contribution < 1.29 is 14.8 Å². The second kappa shape index (κ2) is 5.92. The highest BCUT2D eigenvalue weighted by Gasteiger charge is 2.11. The maximum atomic E-state index is 10.6. The van der Waals surface area contributed by atoms with Gasteiger partial charge >= 0.3 is 0 Å². The summed E-state index contributed by atoms with van der Waals surface area (Å²) >= 11 is 0. The monoisotopic (exact) mass is 260 g/mol. The quantitative estimate of drug-likeness (QED) is 0.657. The average molecular weight is 260 g/mol. The van der Waals surface area contributed by atoms with Crippen LogP contribution in [0.3, 0.4) is 0 Å². The summed E-state index contributed by atoms with van der Waals surface area (Å²) in [6.07, 6.45) is 3.33. The van der Waals surface area contributed by atoms with Crippen LogP contribution in [0.5, 0.6) is 5.75 Å². The molecule has 0 aliphatic heterocycles. The van der Waals surface area contributed by atoms with Crippen LogP contribution in [0.15, 0.2) is 42.7 Å². The van der Waals surface area contributed by atoms with Gasteiger partial charge in [-0.25, -0.2) is 0 Å². The number of ether oxygens (including phenoxy) is 1. The number of aliphatic hydroxyl groups is 1. The van der Waals surface area contributed by atoms with Crippen molar-refractivity contribution in [3.05, 3.63) is 64.0 Å². The number of aliphatic hydroxyl groups excluding tert-OH is 1. The fourth-order valence-electron chi connectivity index (χ4n) is 1.59. The molecule has 19 heavy (non-hydrogen) atoms. The van der Waals surface area contributed by atoms with Crippen LogP contribution in [0.2, 0.25) is 0 Å². The molecule has 0 aliphatic rings. The second-order valence-electron chi connectivity index (χ2n) is 3.86. The van der Waals surface area contributed by atoms with Crippen molar-refractivity contribution in [3.8, 4) is 5.75 Å². The minimum atomic E-state index is -0.510. The minimum Gasteiger partial charge on any atom is -0.488 e. The molecule has 0 amide bonds. The van der Waals surface area contributed by atoms with Gasteiger partial charge in [-0.3, -0.25) is 15.1 Å². The first-order chi connectivity index (χ1) is 9.20. The molecule has 6 nitrogen and oxygen atoms in total. The third-order valence-corrected chi connectivity index (χ3v) is 2.54. The molecule has 0 atom stereocenters. The predicted molar refractivity (Wildman–Crippen MR) is 67.6 cm³/mol. The fraction of sp³-hybridized carbons (Fsp3) is 0.154. The van der Waals surface area contributed by atoms with Crippen LogP contribution in [0.1, 0.15) is 11.1 Å². The number of pyridine rings is 1. The van der Waals surface area contributed by atoms with E-state index in [2.05, 4.69) is 4.98 Å². The van der Waals surface area contributed by atoms with E-state index < -0.39 is 4.92 Å². The normalized spacial score (nSPS) is 10.2. The molecular formula is C13H12N2O4. The molecule has 0 saturated heterocycles. The molecule has 0 aliphatic carbocycles. The zero-order chi connectivity index (χ0) is 13.7. The average Bonchev–Trinajstić information content (AvgIpc) is 2.45. The number of aromatic nitrogens is 1. The number of hydrogen-bond acceptors (Lipinski definition) is 5. The highest BCUT2D eigenvalue weighted by Crippen LogP contribution is 2.24. The molecule has 2 aromatic rings. The van der Waals surface area contributed by atoms with Gasteiger partial charge in [-0.15, -0.1) is 0 Å². The van der Waals surface area contributed by atoms with Crippen molar-refractivity contribution >= 4 is 5.69 Å². The Morgan fingerprint density at radius 1 is 1.37 bits per heavy atom. The van der Waals surface area contributed by atoms with Crippen molar-refractivity contribution in [1.29, 1.82) is 0 Å². The smallest absolute Gasteiger partial charge is 0.270 e. The van der Waals surface area contributed by atoms with Gasteiger partial charge in [-0.05, 0) is 12.1 Å². The molecule has 0 unspecified atom stereocenters. The zero-order valence-electron chi connectivity index (χ0n) is 10.0. The van der Waals surface area contributed by atoms with Gasteiger partial charge < -0.3 is 9.84 Å². The van der Waals surface area contributed by atoms with Gasteiger partial charge in [0.2, 0.25) is 0 Å². The summed E-state index contributed by atoms with van der Waals surface area (Å²) in [6, 6.07) is 7.79. The molecule has 1 aromatic carbocycles. The third kappa shape index (κ3) is 3.26. The lowest BCUT2D eigenvalue weighted by atomic mass is 10.2. The maximum absolute atomic E-state index is 10.6. The van der Waals surface area contributed by atoms with Crippen LogP contribution in [-0.2, 0) is 13.2 Å². The number of non-ortho nitro benzene ring substituents is 1. The molecule has 1 heterocycles. The van der Waals surface area contributed by atoms with E-state index in [4.69, 9.17) is 4.74 Å². The number of rotatable bonds is 5. The SMILES string of the molecule is O=[N+]([O-])c1ccc(OCc2cccnc2)c(CO)c1. The van der Waals surface area contributed by atoms with Crippen LogP contribution < -0.4 is 4.74 Å². The molecule has 98 valence electrons. The molecular weight excluding hydrogens is 248 g/mol. The van der Waals surface area contributed by atoms with E-state index in [1.54, 1.807) is 18.5 Å². The third-order valence-electron chi connectivity index (χ3n) is 2.54. The summed E-state index contributed by atoms with van der Waals surface area (Å²) in [5.74, 6) is 0.428. The fourth-order valence-corrected chi connectivity index (χ4v) is 1.59. The van der Waals surface area contributed by atoms with Crippen LogP contribution >= 0.6 is 0 Å². The molecule has 0 fully saturated rings. The predicted octanol–water partition coefficient (Wildman–Crippen LogP) is 2.06. The van der Waals surface area contributed by atoms with Gasteiger partial charge in [0, 0.05) is 35.7 Å². The minimum absolute atomic E-state index is 0.0715. The summed E-state index contributed by atoms with van der Waals surface area (Å²) < 4.78 is 5.53. The highest BCUT2D eigenvalue weighted by atomic mass is 16.6. The highest BCUT2D eigenvalue weighted by molar-refractivity contribution is 5.43. The molecule has 6 heteroatoms. The molecule has 1 aromatic heterocycles. The number of nitrogens with zero attached hydrogens (tertiary/aromatic N) is 2. The van der Waals surface area contributed by atoms with Crippen LogP contribution in [0, 0.1) is 10.1 Å². The molecule has 0 spiro atoms. The van der Waals surface area contributed by atoms with E-state index in [-0.39, 0.29) is 12.3 Å². The first-order valence-electron chi connectivity index (χ1n) is 5.60. The van der Waals surface area contributed by atoms with E-state index in [9.17, 15) is 15.2 Å². The standard InChI is InChI=1S/C13H12N2O4/c16-8-11-6-12(15(17)18)3-4-13(11)19-9-10-2-1-5-14-7-10/h1-7,16H,8-9H2. The second-order valence-corrected chi connectivity index (χ2v) is 3.86. The van der Waals surface area contributed by atoms with Crippen molar-refractivity contribution in [2.75, 3.05) is 0 Å². The van der Waals surface area contributed by atoms with Crippen molar-refractivity contribution in [2.24, 2.45) is 0 Å². The van der Waals surface area contributed by atoms with Gasteiger partial charge in [-0.1, -0.05) is 6.07 Å². The lowest BCUT2D eigenvalue weighted by Gasteiger charge is -2.09. The number of nitro benzene ring substituents is 1. The van der Waals surface area contributed by atoms with Crippen molar-refractivity contribution in [3.63, 3.8) is 0 Å². The van der Waals surface area contributed by atoms with E-state index in [1.807, 2.05) is 6.07 Å². The first kappa shape index (κ1) is 13.0. The Bertz CT molecular complexity index is 572. The van der Waals surface area contributed by atoms with E-state index in [0.717, 1.165) is 5.56 Å². The summed E-state index contributed by atoms with van der Waals surface area (Å²) in [5, 5.41) is 19.8. The van der Waals surface area contributed by atoms with E-state index >= 15 is 0 Å². The Morgan fingerprint density at radius 3 is 2.84 bits per heavy atom. The molecule has 1 N–H and O–H groups in total. The van der Waals surface area contributed by atoms with Crippen LogP contribution in [0.4, 0.5) is 5.69 Å². The number of hydrogen-bond donors (Lipinski definition) is 1. The summed E-state index contributed by atoms with van der Waals surface area (Å²) in [7, 11) is 0. The zero-order valence-corrected chi connectivity index (χ0v) is 10.0. The summed E-state index contributed by atoms with van der Waals surface area (Å²) in [4.78, 5) is 14.1. The largest absolute Gasteiger partial charge is 0.488 e. The van der Waals surface area contributed by atoms with Gasteiger partial charge in [0.05, 0.1) is 11.5 Å². The summed E-state index contributed by atoms with van der Waals surface area (Å²) in [6.45, 7) is -0.0251. The van der Waals surface area contributed by atoms with Gasteiger partial charge in [0.25, 0.3) is 5.69 Å². The molecule has 0 bridgehead atoms. The molecule has 2 rings (SSSR count). The first-order valence-corrected chi connectivity index (χ1v) is 5.60. The lowest BCUT2D eigenvalue weighted by molar-refractivity contribution is -0.385. The summed E-state index contributed by atoms with van der Waals surface area (Å²) in [5.41, 5.74) is 1.20.